The molecule has 0 radical (unpaired) electrons. The highest BCUT2D eigenvalue weighted by Gasteiger charge is 2.30. The molecular weight excluding hydrogens is 418 g/mol. The Morgan fingerprint density at radius 2 is 1.84 bits per heavy atom. The molecule has 1 aliphatic carbocycles. The van der Waals surface area contributed by atoms with Crippen LogP contribution in [0.25, 0.3) is 0 Å². The van der Waals surface area contributed by atoms with Gasteiger partial charge in [-0.2, -0.15) is 5.10 Å². The first-order valence-corrected chi connectivity index (χ1v) is 11.2. The highest BCUT2D eigenvalue weighted by atomic mass is 32.2. The number of methoxy groups -OCH3 is 1. The van der Waals surface area contributed by atoms with Crippen LogP contribution in [0.4, 0.5) is 5.69 Å². The maximum Gasteiger partial charge on any atom is 0.271 e. The number of rotatable bonds is 6. The molecule has 31 heavy (non-hydrogen) atoms. The summed E-state index contributed by atoms with van der Waals surface area (Å²) in [5.41, 5.74) is 3.27. The van der Waals surface area contributed by atoms with Gasteiger partial charge in [-0.1, -0.05) is 32.0 Å². The Hall–Kier alpha value is -3.20. The summed E-state index contributed by atoms with van der Waals surface area (Å²) < 4.78 is 33.2. The van der Waals surface area contributed by atoms with E-state index in [0.29, 0.717) is 24.3 Å². The molecule has 0 spiro atoms. The van der Waals surface area contributed by atoms with Gasteiger partial charge in [-0.25, -0.2) is 13.8 Å². The van der Waals surface area contributed by atoms with E-state index in [2.05, 4.69) is 15.2 Å². The maximum absolute atomic E-state index is 12.8. The highest BCUT2D eigenvalue weighted by Crippen LogP contribution is 2.31. The summed E-state index contributed by atoms with van der Waals surface area (Å²) in [5, 5.41) is 4.10. The zero-order valence-corrected chi connectivity index (χ0v) is 18.5. The van der Waals surface area contributed by atoms with Crippen molar-refractivity contribution in [1.82, 2.24) is 5.43 Å². The van der Waals surface area contributed by atoms with E-state index < -0.39 is 15.9 Å². The predicted octanol–water partition coefficient (Wildman–Crippen LogP) is 3.36. The minimum atomic E-state index is -3.95. The van der Waals surface area contributed by atoms with Gasteiger partial charge in [0.05, 0.1) is 17.7 Å². The van der Waals surface area contributed by atoms with Crippen molar-refractivity contribution < 1.29 is 22.7 Å². The number of Topliss-reactive ketones (excluding diaryl/α,β-unsaturated/α-hetero) is 1. The number of para-hydroxylation sites is 2. The first-order valence-electron chi connectivity index (χ1n) is 9.73. The lowest BCUT2D eigenvalue weighted by atomic mass is 9.76. The largest absolute Gasteiger partial charge is 0.495 e. The Morgan fingerprint density at radius 1 is 1.10 bits per heavy atom. The molecule has 0 bridgehead atoms. The number of ether oxygens (including phenoxy) is 1. The van der Waals surface area contributed by atoms with E-state index in [1.165, 1.54) is 31.4 Å². The standard InChI is InChI=1S/C22H25N3O5S/c1-22(2)13-16(12-17(26)14-22)23-24-21(27)15-7-6-8-18(11-15)31(28,29)25-19-9-4-5-10-20(19)30-3/h4-11,25H,12-14H2,1-3H3,(H,24,27). The van der Waals surface area contributed by atoms with Crippen molar-refractivity contribution in [3.05, 3.63) is 54.1 Å². The summed E-state index contributed by atoms with van der Waals surface area (Å²) in [7, 11) is -2.51. The van der Waals surface area contributed by atoms with Crippen molar-refractivity contribution in [1.29, 1.82) is 0 Å². The SMILES string of the molecule is COc1ccccc1NS(=O)(=O)c1cccc(C(=O)NN=C2CC(=O)CC(C)(C)C2)c1. The van der Waals surface area contributed by atoms with Gasteiger partial charge in [-0.3, -0.25) is 14.3 Å². The molecule has 1 aliphatic rings. The van der Waals surface area contributed by atoms with E-state index in [4.69, 9.17) is 4.74 Å². The molecule has 164 valence electrons. The molecule has 0 atom stereocenters. The molecule has 2 aromatic rings. The normalized spacial score (nSPS) is 17.3. The fourth-order valence-corrected chi connectivity index (χ4v) is 4.63. The first kappa shape index (κ1) is 22.5. The number of carbonyl (C=O) groups excluding carboxylic acids is 2. The molecule has 2 aromatic carbocycles. The van der Waals surface area contributed by atoms with E-state index in [9.17, 15) is 18.0 Å². The number of anilines is 1. The van der Waals surface area contributed by atoms with E-state index in [0.717, 1.165) is 0 Å². The van der Waals surface area contributed by atoms with Crippen LogP contribution in [0.3, 0.4) is 0 Å². The fourth-order valence-electron chi connectivity index (χ4n) is 3.51. The summed E-state index contributed by atoms with van der Waals surface area (Å²) in [5.74, 6) is -0.0989. The van der Waals surface area contributed by atoms with Crippen molar-refractivity contribution in [2.75, 3.05) is 11.8 Å². The lowest BCUT2D eigenvalue weighted by Gasteiger charge is -2.29. The van der Waals surface area contributed by atoms with Crippen LogP contribution in [0.15, 0.2) is 58.5 Å². The third-order valence-electron chi connectivity index (χ3n) is 4.83. The molecule has 0 saturated heterocycles. The summed E-state index contributed by atoms with van der Waals surface area (Å²) in [4.78, 5) is 24.3. The Balaban J connectivity index is 1.77. The van der Waals surface area contributed by atoms with Crippen molar-refractivity contribution in [3.63, 3.8) is 0 Å². The molecule has 3 rings (SSSR count). The molecule has 1 amide bonds. The van der Waals surface area contributed by atoms with Gasteiger partial charge >= 0.3 is 0 Å². The van der Waals surface area contributed by atoms with E-state index >= 15 is 0 Å². The first-order chi connectivity index (χ1) is 14.6. The highest BCUT2D eigenvalue weighted by molar-refractivity contribution is 7.92. The van der Waals surface area contributed by atoms with Gasteiger partial charge in [0.25, 0.3) is 15.9 Å². The van der Waals surface area contributed by atoms with Gasteiger partial charge in [0.15, 0.2) is 0 Å². The second-order valence-electron chi connectivity index (χ2n) is 8.19. The van der Waals surface area contributed by atoms with Gasteiger partial charge in [0, 0.05) is 24.1 Å². The summed E-state index contributed by atoms with van der Waals surface area (Å²) in [6, 6.07) is 12.3. The van der Waals surface area contributed by atoms with Crippen LogP contribution in [0.1, 0.15) is 43.5 Å². The van der Waals surface area contributed by atoms with Gasteiger partial charge in [-0.15, -0.1) is 0 Å². The topological polar surface area (TPSA) is 114 Å². The van der Waals surface area contributed by atoms with Gasteiger partial charge < -0.3 is 4.74 Å². The van der Waals surface area contributed by atoms with Crippen LogP contribution >= 0.6 is 0 Å². The second-order valence-corrected chi connectivity index (χ2v) is 9.87. The zero-order chi connectivity index (χ0) is 22.6. The third kappa shape index (κ3) is 5.69. The molecule has 0 aliphatic heterocycles. The van der Waals surface area contributed by atoms with E-state index in [-0.39, 0.29) is 33.8 Å². The number of hydrogen-bond acceptors (Lipinski definition) is 6. The quantitative estimate of drug-likeness (QED) is 0.665. The van der Waals surface area contributed by atoms with Crippen molar-refractivity contribution in [3.8, 4) is 5.75 Å². The Kier molecular flexibility index (Phi) is 6.45. The smallest absolute Gasteiger partial charge is 0.271 e. The summed E-state index contributed by atoms with van der Waals surface area (Å²) >= 11 is 0. The molecule has 1 fully saturated rings. The fraction of sp³-hybridized carbons (Fsp3) is 0.318. The Labute approximate surface area is 181 Å². The zero-order valence-electron chi connectivity index (χ0n) is 17.6. The van der Waals surface area contributed by atoms with E-state index in [1.54, 1.807) is 24.3 Å². The Morgan fingerprint density at radius 3 is 2.55 bits per heavy atom. The number of hydrazone groups is 1. The number of benzene rings is 2. The van der Waals surface area contributed by atoms with Crippen molar-refractivity contribution >= 4 is 33.1 Å². The maximum atomic E-state index is 12.8. The molecule has 0 unspecified atom stereocenters. The molecule has 8 nitrogen and oxygen atoms in total. The number of nitrogens with zero attached hydrogens (tertiary/aromatic N) is 1. The molecular formula is C22H25N3O5S. The van der Waals surface area contributed by atoms with Crippen LogP contribution in [-0.4, -0.2) is 32.9 Å². The lowest BCUT2D eigenvalue weighted by molar-refractivity contribution is -0.120. The van der Waals surface area contributed by atoms with Crippen LogP contribution in [0.5, 0.6) is 5.75 Å². The number of amides is 1. The van der Waals surface area contributed by atoms with Crippen LogP contribution in [0, 0.1) is 5.41 Å². The number of carbonyl (C=O) groups is 2. The average molecular weight is 444 g/mol. The van der Waals surface area contributed by atoms with Crippen LogP contribution < -0.4 is 14.9 Å². The van der Waals surface area contributed by atoms with Gasteiger partial charge in [-0.05, 0) is 42.2 Å². The molecule has 0 aromatic heterocycles. The van der Waals surface area contributed by atoms with E-state index in [1.807, 2.05) is 13.8 Å². The Bertz CT molecular complexity index is 1140. The second kappa shape index (κ2) is 8.89. The number of sulfonamides is 1. The van der Waals surface area contributed by atoms with Crippen LogP contribution in [0.2, 0.25) is 0 Å². The minimum absolute atomic E-state index is 0.0762. The van der Waals surface area contributed by atoms with Gasteiger partial charge in [0.1, 0.15) is 11.5 Å². The lowest BCUT2D eigenvalue weighted by Crippen LogP contribution is -2.31. The summed E-state index contributed by atoms with van der Waals surface area (Å²) in [6.45, 7) is 3.95. The van der Waals surface area contributed by atoms with Gasteiger partial charge in [0.2, 0.25) is 0 Å². The average Bonchev–Trinajstić information content (AvgIpc) is 2.71. The third-order valence-corrected chi connectivity index (χ3v) is 6.20. The number of ketones is 1. The molecule has 9 heteroatoms. The van der Waals surface area contributed by atoms with Crippen molar-refractivity contribution in [2.24, 2.45) is 10.5 Å². The van der Waals surface area contributed by atoms with Crippen LogP contribution in [-0.2, 0) is 14.8 Å². The minimum Gasteiger partial charge on any atom is -0.495 e. The van der Waals surface area contributed by atoms with Crippen molar-refractivity contribution in [2.45, 2.75) is 38.0 Å². The molecule has 2 N–H and O–H groups in total. The monoisotopic (exact) mass is 443 g/mol. The molecule has 0 heterocycles. The summed E-state index contributed by atoms with van der Waals surface area (Å²) in [6.07, 6.45) is 1.30. The number of nitrogens with one attached hydrogen (secondary N) is 2. The number of hydrogen-bond donors (Lipinski definition) is 2. The molecule has 1 saturated carbocycles. The predicted molar refractivity (Wildman–Crippen MR) is 118 cm³/mol.